The summed E-state index contributed by atoms with van der Waals surface area (Å²) in [6, 6.07) is 14.0. The fourth-order valence-electron chi connectivity index (χ4n) is 2.06. The SMILES string of the molecule is CN(CC(=O)N(C)Cc1ccc(Cl)s1)Cc1ccccc1. The number of thiophene rings is 1. The lowest BCUT2D eigenvalue weighted by Crippen LogP contribution is -2.35. The van der Waals surface area contributed by atoms with Crippen molar-refractivity contribution in [2.45, 2.75) is 13.1 Å². The van der Waals surface area contributed by atoms with Gasteiger partial charge in [0.1, 0.15) is 0 Å². The molecule has 0 aliphatic rings. The second-order valence-electron chi connectivity index (χ2n) is 5.11. The summed E-state index contributed by atoms with van der Waals surface area (Å²) in [6.07, 6.45) is 0. The molecule has 5 heteroatoms. The van der Waals surface area contributed by atoms with E-state index in [4.69, 9.17) is 11.6 Å². The number of amides is 1. The second-order valence-corrected chi connectivity index (χ2v) is 6.91. The van der Waals surface area contributed by atoms with E-state index < -0.39 is 0 Å². The fourth-order valence-corrected chi connectivity index (χ4v) is 3.20. The average molecular weight is 323 g/mol. The highest BCUT2D eigenvalue weighted by molar-refractivity contribution is 7.16. The molecule has 21 heavy (non-hydrogen) atoms. The molecule has 2 aromatic rings. The largest absolute Gasteiger partial charge is 0.340 e. The second kappa shape index (κ2) is 7.59. The van der Waals surface area contributed by atoms with Crippen molar-refractivity contribution in [2.75, 3.05) is 20.6 Å². The summed E-state index contributed by atoms with van der Waals surface area (Å²) in [5.74, 6) is 0.109. The van der Waals surface area contributed by atoms with Crippen molar-refractivity contribution in [2.24, 2.45) is 0 Å². The van der Waals surface area contributed by atoms with Crippen LogP contribution in [0.15, 0.2) is 42.5 Å². The third-order valence-corrected chi connectivity index (χ3v) is 4.36. The Morgan fingerprint density at radius 2 is 1.81 bits per heavy atom. The molecule has 0 N–H and O–H groups in total. The molecule has 0 atom stereocenters. The van der Waals surface area contributed by atoms with Gasteiger partial charge in [0.05, 0.1) is 17.4 Å². The maximum atomic E-state index is 12.2. The first-order valence-corrected chi connectivity index (χ1v) is 7.94. The summed E-state index contributed by atoms with van der Waals surface area (Å²) in [7, 11) is 3.78. The summed E-state index contributed by atoms with van der Waals surface area (Å²) < 4.78 is 0.757. The molecule has 0 saturated carbocycles. The predicted molar refractivity (Wildman–Crippen MR) is 88.6 cm³/mol. The minimum Gasteiger partial charge on any atom is -0.340 e. The van der Waals surface area contributed by atoms with Crippen molar-refractivity contribution < 1.29 is 4.79 Å². The van der Waals surface area contributed by atoms with Gasteiger partial charge in [0.2, 0.25) is 5.91 Å². The van der Waals surface area contributed by atoms with E-state index in [1.54, 1.807) is 4.90 Å². The molecule has 2 rings (SSSR count). The number of carbonyl (C=O) groups is 1. The van der Waals surface area contributed by atoms with Crippen LogP contribution in [0.25, 0.3) is 0 Å². The van der Waals surface area contributed by atoms with Crippen molar-refractivity contribution >= 4 is 28.8 Å². The summed E-state index contributed by atoms with van der Waals surface area (Å²) >= 11 is 7.42. The summed E-state index contributed by atoms with van der Waals surface area (Å²) in [5, 5.41) is 0. The lowest BCUT2D eigenvalue weighted by Gasteiger charge is -2.21. The number of rotatable bonds is 6. The van der Waals surface area contributed by atoms with Crippen molar-refractivity contribution in [1.82, 2.24) is 9.80 Å². The van der Waals surface area contributed by atoms with Crippen molar-refractivity contribution in [3.05, 3.63) is 57.2 Å². The van der Waals surface area contributed by atoms with E-state index in [0.717, 1.165) is 15.8 Å². The van der Waals surface area contributed by atoms with Gasteiger partial charge in [0.25, 0.3) is 0 Å². The number of hydrogen-bond donors (Lipinski definition) is 0. The van der Waals surface area contributed by atoms with Gasteiger partial charge in [-0.3, -0.25) is 9.69 Å². The summed E-state index contributed by atoms with van der Waals surface area (Å²) in [5.41, 5.74) is 1.21. The molecule has 1 aromatic heterocycles. The van der Waals surface area contributed by atoms with Crippen LogP contribution in [-0.2, 0) is 17.9 Å². The Balaban J connectivity index is 1.82. The molecule has 0 aliphatic heterocycles. The van der Waals surface area contributed by atoms with Crippen LogP contribution >= 0.6 is 22.9 Å². The zero-order valence-corrected chi connectivity index (χ0v) is 13.8. The van der Waals surface area contributed by atoms with Crippen molar-refractivity contribution in [3.63, 3.8) is 0 Å². The molecule has 0 saturated heterocycles. The average Bonchev–Trinajstić information content (AvgIpc) is 2.85. The summed E-state index contributed by atoms with van der Waals surface area (Å²) in [6.45, 7) is 1.78. The van der Waals surface area contributed by atoms with Crippen LogP contribution in [-0.4, -0.2) is 36.3 Å². The normalized spacial score (nSPS) is 10.9. The molecule has 3 nitrogen and oxygen atoms in total. The first kappa shape index (κ1) is 16.0. The van der Waals surface area contributed by atoms with E-state index in [1.807, 2.05) is 49.3 Å². The van der Waals surface area contributed by atoms with Gasteiger partial charge in [0, 0.05) is 18.5 Å². The van der Waals surface area contributed by atoms with Crippen LogP contribution < -0.4 is 0 Å². The first-order valence-electron chi connectivity index (χ1n) is 6.75. The van der Waals surface area contributed by atoms with E-state index in [-0.39, 0.29) is 5.91 Å². The molecule has 0 spiro atoms. The van der Waals surface area contributed by atoms with Crippen molar-refractivity contribution in [1.29, 1.82) is 0 Å². The highest BCUT2D eigenvalue weighted by atomic mass is 35.5. The van der Waals surface area contributed by atoms with Gasteiger partial charge in [-0.2, -0.15) is 0 Å². The summed E-state index contributed by atoms with van der Waals surface area (Å²) in [4.78, 5) is 17.1. The number of hydrogen-bond acceptors (Lipinski definition) is 3. The van der Waals surface area contributed by atoms with Crippen LogP contribution in [0.1, 0.15) is 10.4 Å². The van der Waals surface area contributed by atoms with E-state index in [9.17, 15) is 4.79 Å². The molecule has 1 heterocycles. The maximum Gasteiger partial charge on any atom is 0.236 e. The number of likely N-dealkylation sites (N-methyl/N-ethyl adjacent to an activating group) is 2. The van der Waals surface area contributed by atoms with Gasteiger partial charge in [-0.1, -0.05) is 41.9 Å². The van der Waals surface area contributed by atoms with Crippen LogP contribution in [0.3, 0.4) is 0 Å². The molecule has 0 bridgehead atoms. The molecule has 0 radical (unpaired) electrons. The van der Waals surface area contributed by atoms with E-state index in [2.05, 4.69) is 12.1 Å². The van der Waals surface area contributed by atoms with E-state index in [0.29, 0.717) is 13.1 Å². The zero-order chi connectivity index (χ0) is 15.2. The lowest BCUT2D eigenvalue weighted by atomic mass is 10.2. The Morgan fingerprint density at radius 3 is 2.43 bits per heavy atom. The third-order valence-electron chi connectivity index (χ3n) is 3.15. The Labute approximate surface area is 134 Å². The number of carbonyl (C=O) groups excluding carboxylic acids is 1. The van der Waals surface area contributed by atoms with Gasteiger partial charge < -0.3 is 4.90 Å². The smallest absolute Gasteiger partial charge is 0.236 e. The van der Waals surface area contributed by atoms with E-state index in [1.165, 1.54) is 16.9 Å². The molecule has 1 amide bonds. The Kier molecular flexibility index (Phi) is 5.79. The first-order chi connectivity index (χ1) is 10.0. The Bertz CT molecular complexity index is 585. The van der Waals surface area contributed by atoms with Crippen molar-refractivity contribution in [3.8, 4) is 0 Å². The van der Waals surface area contributed by atoms with Crippen LogP contribution in [0.5, 0.6) is 0 Å². The van der Waals surface area contributed by atoms with E-state index >= 15 is 0 Å². The Morgan fingerprint density at radius 1 is 1.10 bits per heavy atom. The van der Waals surface area contributed by atoms with Crippen LogP contribution in [0.2, 0.25) is 4.34 Å². The number of nitrogens with zero attached hydrogens (tertiary/aromatic N) is 2. The van der Waals surface area contributed by atoms with Crippen LogP contribution in [0, 0.1) is 0 Å². The zero-order valence-electron chi connectivity index (χ0n) is 12.3. The molecule has 0 fully saturated rings. The van der Waals surface area contributed by atoms with Crippen LogP contribution in [0.4, 0.5) is 0 Å². The van der Waals surface area contributed by atoms with Gasteiger partial charge in [0.15, 0.2) is 0 Å². The molecule has 1 aromatic carbocycles. The van der Waals surface area contributed by atoms with Gasteiger partial charge in [-0.05, 0) is 24.7 Å². The molecule has 112 valence electrons. The Hall–Kier alpha value is -1.36. The maximum absolute atomic E-state index is 12.2. The number of benzene rings is 1. The lowest BCUT2D eigenvalue weighted by molar-refractivity contribution is -0.131. The minimum absolute atomic E-state index is 0.109. The third kappa shape index (κ3) is 5.16. The molecular weight excluding hydrogens is 304 g/mol. The molecule has 0 unspecified atom stereocenters. The van der Waals surface area contributed by atoms with Gasteiger partial charge in [-0.15, -0.1) is 11.3 Å². The standard InChI is InChI=1S/C16H19ClN2OS/c1-18(10-13-6-4-3-5-7-13)12-16(20)19(2)11-14-8-9-15(17)21-14/h3-9H,10-12H2,1-2H3. The van der Waals surface area contributed by atoms with Gasteiger partial charge >= 0.3 is 0 Å². The predicted octanol–water partition coefficient (Wildman–Crippen LogP) is 3.49. The fraction of sp³-hybridized carbons (Fsp3) is 0.312. The highest BCUT2D eigenvalue weighted by Gasteiger charge is 2.13. The topological polar surface area (TPSA) is 23.6 Å². The minimum atomic E-state index is 0.109. The quantitative estimate of drug-likeness (QED) is 0.812. The monoisotopic (exact) mass is 322 g/mol. The van der Waals surface area contributed by atoms with Gasteiger partial charge in [-0.25, -0.2) is 0 Å². The number of halogens is 1. The highest BCUT2D eigenvalue weighted by Crippen LogP contribution is 2.22. The molecule has 0 aliphatic carbocycles. The molecular formula is C16H19ClN2OS.